The van der Waals surface area contributed by atoms with E-state index >= 15 is 0 Å². The predicted octanol–water partition coefficient (Wildman–Crippen LogP) is 1.67. The molecule has 0 spiro atoms. The van der Waals surface area contributed by atoms with E-state index in [1.807, 2.05) is 25.1 Å². The standard InChI is InChI=1S/C26H35N5O7S/c1-3-4-12-39(34,35)30-23(24(32)36-2)14-18-8-10-21(11-9-18)37-17-22-16-31(26(33)38-22)20-7-5-6-19(13-20)15-29-25(27)28/h5-11,13,22-23,30H,3-4,12,14-17H2,1-2H3,(H4,27,28,29). The largest absolute Gasteiger partial charge is 0.490 e. The second-order valence-corrected chi connectivity index (χ2v) is 10.9. The van der Waals surface area contributed by atoms with Crippen molar-refractivity contribution in [2.45, 2.75) is 44.9 Å². The summed E-state index contributed by atoms with van der Waals surface area (Å²) in [5.41, 5.74) is 13.0. The van der Waals surface area contributed by atoms with Crippen molar-refractivity contribution in [3.8, 4) is 5.75 Å². The summed E-state index contributed by atoms with van der Waals surface area (Å²) in [5.74, 6) is -0.201. The lowest BCUT2D eigenvalue weighted by atomic mass is 10.1. The van der Waals surface area contributed by atoms with Crippen molar-refractivity contribution in [3.05, 3.63) is 59.7 Å². The van der Waals surface area contributed by atoms with Crippen molar-refractivity contribution in [2.75, 3.05) is 30.9 Å². The summed E-state index contributed by atoms with van der Waals surface area (Å²) in [6, 6.07) is 13.1. The number of carbonyl (C=O) groups excluding carboxylic acids is 2. The third kappa shape index (κ3) is 9.14. The highest BCUT2D eigenvalue weighted by molar-refractivity contribution is 7.89. The Hall–Kier alpha value is -3.84. The van der Waals surface area contributed by atoms with E-state index in [-0.39, 0.29) is 24.7 Å². The van der Waals surface area contributed by atoms with Crippen LogP contribution in [0.3, 0.4) is 0 Å². The molecule has 0 aliphatic carbocycles. The molecule has 1 fully saturated rings. The molecule has 0 bridgehead atoms. The number of benzene rings is 2. The highest BCUT2D eigenvalue weighted by atomic mass is 32.2. The molecular weight excluding hydrogens is 526 g/mol. The van der Waals surface area contributed by atoms with Crippen molar-refractivity contribution in [1.82, 2.24) is 4.72 Å². The van der Waals surface area contributed by atoms with Gasteiger partial charge in [-0.2, -0.15) is 0 Å². The van der Waals surface area contributed by atoms with Gasteiger partial charge in [-0.3, -0.25) is 9.69 Å². The number of aliphatic imine (C=N–C) groups is 1. The third-order valence-electron chi connectivity index (χ3n) is 5.91. The van der Waals surface area contributed by atoms with Crippen LogP contribution < -0.4 is 25.8 Å². The van der Waals surface area contributed by atoms with Crippen LogP contribution in [0.25, 0.3) is 0 Å². The summed E-state index contributed by atoms with van der Waals surface area (Å²) >= 11 is 0. The topological polar surface area (TPSA) is 176 Å². The van der Waals surface area contributed by atoms with E-state index in [0.717, 1.165) is 17.5 Å². The van der Waals surface area contributed by atoms with Gasteiger partial charge in [0.15, 0.2) is 12.1 Å². The Morgan fingerprint density at radius 2 is 1.95 bits per heavy atom. The zero-order valence-corrected chi connectivity index (χ0v) is 22.9. The summed E-state index contributed by atoms with van der Waals surface area (Å²) in [7, 11) is -2.40. The van der Waals surface area contributed by atoms with Crippen LogP contribution >= 0.6 is 0 Å². The van der Waals surface area contributed by atoms with Crippen LogP contribution in [0, 0.1) is 0 Å². The smallest absolute Gasteiger partial charge is 0.414 e. The van der Waals surface area contributed by atoms with E-state index in [4.69, 9.17) is 25.7 Å². The van der Waals surface area contributed by atoms with Gasteiger partial charge in [0.1, 0.15) is 18.4 Å². The molecule has 2 aromatic carbocycles. The average molecular weight is 562 g/mol. The fraction of sp³-hybridized carbons (Fsp3) is 0.423. The fourth-order valence-corrected chi connectivity index (χ4v) is 5.30. The minimum atomic E-state index is -3.62. The van der Waals surface area contributed by atoms with Crippen LogP contribution in [0.1, 0.15) is 30.9 Å². The number of rotatable bonds is 14. The molecule has 1 aliphatic heterocycles. The Balaban J connectivity index is 1.55. The molecule has 3 rings (SSSR count). The number of nitrogens with one attached hydrogen (secondary N) is 1. The van der Waals surface area contributed by atoms with E-state index in [1.54, 1.807) is 30.3 Å². The zero-order valence-electron chi connectivity index (χ0n) is 22.0. The second kappa shape index (κ2) is 13.8. The molecule has 2 atom stereocenters. The first-order valence-electron chi connectivity index (χ1n) is 12.5. The molecule has 12 nitrogen and oxygen atoms in total. The molecule has 0 aromatic heterocycles. The van der Waals surface area contributed by atoms with Crippen molar-refractivity contribution < 1.29 is 32.2 Å². The van der Waals surface area contributed by atoms with Crippen molar-refractivity contribution >= 4 is 33.7 Å². The number of cyclic esters (lactones) is 1. The number of anilines is 1. The summed E-state index contributed by atoms with van der Waals surface area (Å²) in [6.45, 7) is 2.63. The first-order valence-corrected chi connectivity index (χ1v) is 14.2. The monoisotopic (exact) mass is 561 g/mol. The summed E-state index contributed by atoms with van der Waals surface area (Å²) in [5, 5.41) is 0. The number of hydrogen-bond donors (Lipinski definition) is 3. The molecular formula is C26H35N5O7S. The molecule has 1 saturated heterocycles. The summed E-state index contributed by atoms with van der Waals surface area (Å²) in [6.07, 6.45) is 0.371. The van der Waals surface area contributed by atoms with Gasteiger partial charge in [-0.05, 0) is 48.2 Å². The summed E-state index contributed by atoms with van der Waals surface area (Å²) < 4.78 is 43.1. The number of unbranched alkanes of at least 4 members (excludes halogenated alkanes) is 1. The fourth-order valence-electron chi connectivity index (χ4n) is 3.90. The normalized spacial score (nSPS) is 15.9. The van der Waals surface area contributed by atoms with E-state index in [1.165, 1.54) is 12.0 Å². The van der Waals surface area contributed by atoms with E-state index in [0.29, 0.717) is 30.9 Å². The highest BCUT2D eigenvalue weighted by Gasteiger charge is 2.33. The number of ether oxygens (including phenoxy) is 3. The first-order chi connectivity index (χ1) is 18.6. The third-order valence-corrected chi connectivity index (χ3v) is 7.38. The number of carbonyl (C=O) groups is 2. The lowest BCUT2D eigenvalue weighted by Gasteiger charge is -2.17. The lowest BCUT2D eigenvalue weighted by Crippen LogP contribution is -2.43. The van der Waals surface area contributed by atoms with E-state index in [9.17, 15) is 18.0 Å². The minimum absolute atomic E-state index is 0.0125. The number of sulfonamides is 1. The zero-order chi connectivity index (χ0) is 28.4. The molecule has 1 aliphatic rings. The van der Waals surface area contributed by atoms with Gasteiger partial charge in [-0.1, -0.05) is 37.6 Å². The van der Waals surface area contributed by atoms with Gasteiger partial charge in [0.25, 0.3) is 0 Å². The molecule has 13 heteroatoms. The van der Waals surface area contributed by atoms with Crippen LogP contribution in [0.2, 0.25) is 0 Å². The molecule has 2 aromatic rings. The Labute approximate surface area is 228 Å². The van der Waals surface area contributed by atoms with Gasteiger partial charge in [0, 0.05) is 5.69 Å². The number of nitrogens with two attached hydrogens (primary N) is 2. The van der Waals surface area contributed by atoms with Gasteiger partial charge in [0.2, 0.25) is 10.0 Å². The summed E-state index contributed by atoms with van der Waals surface area (Å²) in [4.78, 5) is 30.1. The molecule has 1 amide bonds. The number of hydrogen-bond acceptors (Lipinski definition) is 8. The minimum Gasteiger partial charge on any atom is -0.490 e. The van der Waals surface area contributed by atoms with Crippen LogP contribution in [-0.4, -0.2) is 64.6 Å². The Morgan fingerprint density at radius 1 is 1.21 bits per heavy atom. The number of esters is 1. The number of amides is 1. The lowest BCUT2D eigenvalue weighted by molar-refractivity contribution is -0.142. The van der Waals surface area contributed by atoms with Gasteiger partial charge in [-0.25, -0.2) is 22.9 Å². The number of guanidine groups is 1. The quantitative estimate of drug-likeness (QED) is 0.176. The van der Waals surface area contributed by atoms with Crippen LogP contribution in [0.15, 0.2) is 53.5 Å². The van der Waals surface area contributed by atoms with E-state index in [2.05, 4.69) is 9.71 Å². The first kappa shape index (κ1) is 29.7. The van der Waals surface area contributed by atoms with Crippen LogP contribution in [0.4, 0.5) is 10.5 Å². The maximum Gasteiger partial charge on any atom is 0.414 e. The Morgan fingerprint density at radius 3 is 2.62 bits per heavy atom. The molecule has 0 radical (unpaired) electrons. The van der Waals surface area contributed by atoms with E-state index < -0.39 is 34.2 Å². The Bertz CT molecular complexity index is 1260. The second-order valence-electron chi connectivity index (χ2n) is 9.05. The van der Waals surface area contributed by atoms with Gasteiger partial charge in [0.05, 0.1) is 26.0 Å². The van der Waals surface area contributed by atoms with Crippen molar-refractivity contribution in [3.63, 3.8) is 0 Å². The number of nitrogens with zero attached hydrogens (tertiary/aromatic N) is 2. The molecule has 0 saturated carbocycles. The number of methoxy groups -OCH3 is 1. The average Bonchev–Trinajstić information content (AvgIpc) is 3.30. The van der Waals surface area contributed by atoms with Gasteiger partial charge in [-0.15, -0.1) is 0 Å². The van der Waals surface area contributed by atoms with Gasteiger partial charge >= 0.3 is 12.1 Å². The Kier molecular flexibility index (Phi) is 10.5. The SMILES string of the molecule is CCCCS(=O)(=O)NC(Cc1ccc(OCC2CN(c3cccc(CN=C(N)N)c3)C(=O)O2)cc1)C(=O)OC. The van der Waals surface area contributed by atoms with Crippen LogP contribution in [0.5, 0.6) is 5.75 Å². The molecule has 1 heterocycles. The van der Waals surface area contributed by atoms with Crippen molar-refractivity contribution in [2.24, 2.45) is 16.5 Å². The highest BCUT2D eigenvalue weighted by Crippen LogP contribution is 2.24. The molecule has 2 unspecified atom stereocenters. The molecule has 5 N–H and O–H groups in total. The van der Waals surface area contributed by atoms with Crippen LogP contribution in [-0.2, 0) is 37.3 Å². The molecule has 212 valence electrons. The maximum atomic E-state index is 12.5. The van der Waals surface area contributed by atoms with Crippen molar-refractivity contribution in [1.29, 1.82) is 0 Å². The van der Waals surface area contributed by atoms with Gasteiger partial charge < -0.3 is 25.7 Å². The molecule has 39 heavy (non-hydrogen) atoms. The predicted molar refractivity (Wildman–Crippen MR) is 147 cm³/mol. The maximum absolute atomic E-state index is 12.5.